The van der Waals surface area contributed by atoms with Gasteiger partial charge in [0.25, 0.3) is 0 Å². The van der Waals surface area contributed by atoms with Crippen molar-refractivity contribution < 1.29 is 0 Å². The third-order valence-electron chi connectivity index (χ3n) is 8.77. The molecule has 0 N–H and O–H groups in total. The van der Waals surface area contributed by atoms with Crippen LogP contribution in [0.2, 0.25) is 29.6 Å². The Balaban J connectivity index is 1.87. The first-order chi connectivity index (χ1) is 19.5. The minimum atomic E-state index is -2.28. The third kappa shape index (κ3) is 10.8. The number of thiophene rings is 2. The number of rotatable bonds is 20. The molecule has 0 aliphatic rings. The Kier molecular flexibility index (Phi) is 15.1. The molecule has 1 atom stereocenters. The van der Waals surface area contributed by atoms with E-state index in [-0.39, 0.29) is 0 Å². The van der Waals surface area contributed by atoms with Crippen molar-refractivity contribution in [3.63, 3.8) is 0 Å². The first-order valence-electron chi connectivity index (χ1n) is 17.1. The van der Waals surface area contributed by atoms with Gasteiger partial charge < -0.3 is 0 Å². The van der Waals surface area contributed by atoms with Crippen LogP contribution in [0.25, 0.3) is 20.3 Å². The molecule has 3 aromatic rings. The van der Waals surface area contributed by atoms with Crippen molar-refractivity contribution in [2.75, 3.05) is 0 Å². The van der Waals surface area contributed by atoms with Crippen LogP contribution in [0.1, 0.15) is 117 Å². The standard InChI is InChI=1S/C29H43NOS2.6CH3.2Sn/c1-3-5-7-9-11-12-14-16-18-24(17-15-13-10-8-6-4-2)23-30-26-20-22-33-28(26)27-25(29(30)31)19-21-32-27;;;;;;;;/h19-20,24H,3-18,23H2,1-2H3;6*1H3;;. The fraction of sp³-hybridized carbons (Fsp3) is 0.743. The molecular weight excluding hydrogens is 752 g/mol. The van der Waals surface area contributed by atoms with E-state index in [1.54, 1.807) is 5.79 Å². The van der Waals surface area contributed by atoms with Gasteiger partial charge in [0.2, 0.25) is 0 Å². The van der Waals surface area contributed by atoms with Crippen LogP contribution >= 0.6 is 22.7 Å². The summed E-state index contributed by atoms with van der Waals surface area (Å²) in [6.45, 7) is 5.51. The average molecular weight is 813 g/mol. The van der Waals surface area contributed by atoms with Crippen LogP contribution in [0.3, 0.4) is 0 Å². The summed E-state index contributed by atoms with van der Waals surface area (Å²) in [5.41, 5.74) is 1.55. The summed E-state index contributed by atoms with van der Waals surface area (Å²) < 4.78 is 8.13. The van der Waals surface area contributed by atoms with Gasteiger partial charge in [0.1, 0.15) is 0 Å². The number of hydrogen-bond donors (Lipinski definition) is 0. The van der Waals surface area contributed by atoms with E-state index in [0.29, 0.717) is 11.5 Å². The topological polar surface area (TPSA) is 22.0 Å². The van der Waals surface area contributed by atoms with Crippen LogP contribution < -0.4 is 11.3 Å². The van der Waals surface area contributed by atoms with Gasteiger partial charge in [0.05, 0.1) is 0 Å². The van der Waals surface area contributed by atoms with Gasteiger partial charge in [-0.25, -0.2) is 0 Å². The number of aromatic nitrogens is 1. The summed E-state index contributed by atoms with van der Waals surface area (Å²) in [5, 5.41) is 1.02. The summed E-state index contributed by atoms with van der Waals surface area (Å²) in [6.07, 6.45) is 21.6. The fourth-order valence-corrected chi connectivity index (χ4v) is 18.8. The summed E-state index contributed by atoms with van der Waals surface area (Å²) in [6, 6.07) is 4.80. The Morgan fingerprint density at radius 3 is 1.56 bits per heavy atom. The van der Waals surface area contributed by atoms with Gasteiger partial charge in [0.15, 0.2) is 0 Å². The van der Waals surface area contributed by atoms with E-state index in [1.165, 1.54) is 118 Å². The second-order valence-corrected chi connectivity index (χ2v) is 47.7. The van der Waals surface area contributed by atoms with Crippen LogP contribution in [-0.4, -0.2) is 41.3 Å². The Morgan fingerprint density at radius 1 is 0.634 bits per heavy atom. The van der Waals surface area contributed by atoms with Gasteiger partial charge in [-0.3, -0.25) is 0 Å². The van der Waals surface area contributed by atoms with E-state index < -0.39 is 36.8 Å². The Labute approximate surface area is 268 Å². The fourth-order valence-electron chi connectivity index (χ4n) is 6.00. The van der Waals surface area contributed by atoms with Gasteiger partial charge in [-0.1, -0.05) is 39.5 Å². The maximum absolute atomic E-state index is 14.2. The Hall–Kier alpha value is 0.467. The number of fused-ring (bicyclic) bond motifs is 3. The quantitative estimate of drug-likeness (QED) is 0.0823. The van der Waals surface area contributed by atoms with E-state index in [1.807, 2.05) is 22.7 Å². The summed E-state index contributed by atoms with van der Waals surface area (Å²) in [7, 11) is 0. The molecule has 0 fully saturated rings. The molecule has 0 radical (unpaired) electrons. The predicted molar refractivity (Wildman–Crippen MR) is 196 cm³/mol. The first kappa shape index (κ1) is 35.9. The van der Waals surface area contributed by atoms with Crippen LogP contribution in [0.15, 0.2) is 16.9 Å². The molecule has 41 heavy (non-hydrogen) atoms. The molecule has 0 aromatic carbocycles. The van der Waals surface area contributed by atoms with Crippen LogP contribution in [0.4, 0.5) is 0 Å². The van der Waals surface area contributed by atoms with Gasteiger partial charge in [-0.2, -0.15) is 0 Å². The van der Waals surface area contributed by atoms with Crippen molar-refractivity contribution in [2.24, 2.45) is 5.92 Å². The number of unbranched alkanes of at least 4 members (excludes halogenated alkanes) is 12. The monoisotopic (exact) mass is 815 g/mol. The van der Waals surface area contributed by atoms with E-state index in [2.05, 4.69) is 60.2 Å². The molecule has 232 valence electrons. The zero-order valence-corrected chi connectivity index (χ0v) is 35.3. The van der Waals surface area contributed by atoms with E-state index in [4.69, 9.17) is 0 Å². The Bertz CT molecular complexity index is 1260. The molecule has 0 saturated carbocycles. The third-order valence-corrected chi connectivity index (χ3v) is 30.0. The molecule has 6 heteroatoms. The molecular formula is C35H61NOS2Sn2. The molecule has 1 unspecified atom stereocenters. The van der Waals surface area contributed by atoms with Crippen LogP contribution in [-0.2, 0) is 6.54 Å². The van der Waals surface area contributed by atoms with Crippen molar-refractivity contribution in [2.45, 2.75) is 153 Å². The predicted octanol–water partition coefficient (Wildman–Crippen LogP) is 11.3. The summed E-state index contributed by atoms with van der Waals surface area (Å²) in [5.74, 6) is 0.612. The molecule has 3 aromatic heterocycles. The van der Waals surface area contributed by atoms with Gasteiger partial charge in [-0.15, -0.1) is 0 Å². The van der Waals surface area contributed by atoms with Crippen molar-refractivity contribution in [1.29, 1.82) is 0 Å². The van der Waals surface area contributed by atoms with Gasteiger partial charge in [0, 0.05) is 0 Å². The molecule has 3 rings (SSSR count). The average Bonchev–Trinajstić information content (AvgIpc) is 3.55. The van der Waals surface area contributed by atoms with Crippen LogP contribution in [0.5, 0.6) is 0 Å². The van der Waals surface area contributed by atoms with Crippen molar-refractivity contribution in [3.8, 4) is 0 Å². The van der Waals surface area contributed by atoms with Crippen molar-refractivity contribution >= 4 is 85.5 Å². The van der Waals surface area contributed by atoms with Crippen LogP contribution in [0, 0.1) is 5.92 Å². The maximum atomic E-state index is 14.2. The SMILES string of the molecule is CCCCCCCCCCC(CCCCCCCC)Cn1c(=O)c2c[c]([Sn]([CH3])([CH3])[CH3])sc2c2s[c]([Sn]([CH3])([CH3])[CH3])cc21. The molecule has 0 amide bonds. The van der Waals surface area contributed by atoms with Crippen molar-refractivity contribution in [1.82, 2.24) is 4.57 Å². The Morgan fingerprint density at radius 2 is 1.07 bits per heavy atom. The summed E-state index contributed by atoms with van der Waals surface area (Å²) in [4.78, 5) is 29.3. The number of nitrogens with zero attached hydrogens (tertiary/aromatic N) is 1. The number of hydrogen-bond acceptors (Lipinski definition) is 3. The van der Waals surface area contributed by atoms with E-state index >= 15 is 0 Å². The minimum absolute atomic E-state index is 0.294. The normalized spacial score (nSPS) is 13.6. The molecule has 0 spiro atoms. The van der Waals surface area contributed by atoms with Gasteiger partial charge >= 0.3 is 232 Å². The summed E-state index contributed by atoms with van der Waals surface area (Å²) >= 11 is -0.554. The molecule has 0 saturated heterocycles. The number of pyridine rings is 1. The zero-order chi connectivity index (χ0) is 30.0. The van der Waals surface area contributed by atoms with Crippen molar-refractivity contribution in [3.05, 3.63) is 22.5 Å². The molecule has 0 bridgehead atoms. The van der Waals surface area contributed by atoms with E-state index in [9.17, 15) is 4.79 Å². The second-order valence-electron chi connectivity index (χ2n) is 14.8. The first-order valence-corrected chi connectivity index (χ1v) is 38.7. The second kappa shape index (κ2) is 17.2. The molecule has 0 aliphatic carbocycles. The molecule has 2 nitrogen and oxygen atoms in total. The molecule has 3 heterocycles. The zero-order valence-electron chi connectivity index (χ0n) is 27.9. The van der Waals surface area contributed by atoms with Gasteiger partial charge in [-0.05, 0) is 0 Å². The molecule has 0 aliphatic heterocycles. The van der Waals surface area contributed by atoms with E-state index in [0.717, 1.165) is 11.9 Å².